The number of benzene rings is 1. The van der Waals surface area contributed by atoms with Crippen LogP contribution < -0.4 is 5.32 Å². The normalized spacial score (nSPS) is 13.6. The van der Waals surface area contributed by atoms with E-state index in [9.17, 15) is 9.59 Å². The standard InChI is InChI=1S/C27H40N4O2/c1-18(2)23-11-8-12-24(19(3)4)26(23)28-27(33)30(20(5)6)17-25(32)31(21-13-14-21)16-22-10-9-15-29(22)7/h8-12,15,18-21H,13-14,16-17H2,1-7H3,(H,28,33). The van der Waals surface area contributed by atoms with Crippen LogP contribution in [0.3, 0.4) is 0 Å². The van der Waals surface area contributed by atoms with Crippen LogP contribution in [0.5, 0.6) is 0 Å². The number of nitrogens with zero attached hydrogens (tertiary/aromatic N) is 3. The molecule has 0 radical (unpaired) electrons. The highest BCUT2D eigenvalue weighted by molar-refractivity contribution is 5.94. The molecule has 1 aromatic carbocycles. The lowest BCUT2D eigenvalue weighted by Gasteiger charge is -2.31. The van der Waals surface area contributed by atoms with Crippen molar-refractivity contribution in [3.63, 3.8) is 0 Å². The van der Waals surface area contributed by atoms with Gasteiger partial charge in [-0.15, -0.1) is 0 Å². The fraction of sp³-hybridized carbons (Fsp3) is 0.556. The molecule has 0 unspecified atom stereocenters. The Hall–Kier alpha value is -2.76. The van der Waals surface area contributed by atoms with Gasteiger partial charge in [0.05, 0.1) is 6.54 Å². The van der Waals surface area contributed by atoms with Gasteiger partial charge in [-0.1, -0.05) is 45.9 Å². The summed E-state index contributed by atoms with van der Waals surface area (Å²) in [5.74, 6) is 0.566. The first-order chi connectivity index (χ1) is 15.6. The van der Waals surface area contributed by atoms with Crippen LogP contribution in [0.1, 0.15) is 83.0 Å². The number of rotatable bonds is 9. The van der Waals surface area contributed by atoms with Gasteiger partial charge in [-0.3, -0.25) is 4.79 Å². The lowest BCUT2D eigenvalue weighted by molar-refractivity contribution is -0.133. The van der Waals surface area contributed by atoms with Crippen molar-refractivity contribution in [3.8, 4) is 0 Å². The number of carbonyl (C=O) groups excluding carboxylic acids is 2. The van der Waals surface area contributed by atoms with Crippen LogP contribution in [0.4, 0.5) is 10.5 Å². The molecule has 1 heterocycles. The van der Waals surface area contributed by atoms with Crippen molar-refractivity contribution in [2.75, 3.05) is 11.9 Å². The Morgan fingerprint density at radius 3 is 2.06 bits per heavy atom. The highest BCUT2D eigenvalue weighted by atomic mass is 16.2. The van der Waals surface area contributed by atoms with Gasteiger partial charge in [0.25, 0.3) is 0 Å². The second-order valence-corrected chi connectivity index (χ2v) is 10.1. The molecule has 1 fully saturated rings. The number of para-hydroxylation sites is 1. The van der Waals surface area contributed by atoms with Crippen molar-refractivity contribution in [1.29, 1.82) is 0 Å². The zero-order valence-electron chi connectivity index (χ0n) is 21.3. The largest absolute Gasteiger partial charge is 0.353 e. The van der Waals surface area contributed by atoms with Crippen molar-refractivity contribution in [1.82, 2.24) is 14.4 Å². The van der Waals surface area contributed by atoms with Crippen LogP contribution >= 0.6 is 0 Å². The van der Waals surface area contributed by atoms with Crippen molar-refractivity contribution >= 4 is 17.6 Å². The number of hydrogen-bond acceptors (Lipinski definition) is 2. The van der Waals surface area contributed by atoms with Crippen molar-refractivity contribution in [2.24, 2.45) is 7.05 Å². The third kappa shape index (κ3) is 5.98. The van der Waals surface area contributed by atoms with E-state index in [0.717, 1.165) is 35.3 Å². The molecular formula is C27H40N4O2. The van der Waals surface area contributed by atoms with Gasteiger partial charge >= 0.3 is 6.03 Å². The summed E-state index contributed by atoms with van der Waals surface area (Å²) in [6.45, 7) is 13.1. The van der Waals surface area contributed by atoms with E-state index in [2.05, 4.69) is 51.2 Å². The monoisotopic (exact) mass is 452 g/mol. The molecule has 180 valence electrons. The lowest BCUT2D eigenvalue weighted by atomic mass is 9.93. The molecular weight excluding hydrogens is 412 g/mol. The summed E-state index contributed by atoms with van der Waals surface area (Å²) in [7, 11) is 2.00. The zero-order valence-corrected chi connectivity index (χ0v) is 21.3. The second-order valence-electron chi connectivity index (χ2n) is 10.1. The first-order valence-corrected chi connectivity index (χ1v) is 12.2. The van der Waals surface area contributed by atoms with Gasteiger partial charge in [-0.05, 0) is 61.8 Å². The van der Waals surface area contributed by atoms with E-state index in [4.69, 9.17) is 0 Å². The highest BCUT2D eigenvalue weighted by Gasteiger charge is 2.34. The number of anilines is 1. The smallest absolute Gasteiger partial charge is 0.322 e. The molecule has 2 aromatic rings. The maximum absolute atomic E-state index is 13.5. The summed E-state index contributed by atoms with van der Waals surface area (Å²) in [5, 5.41) is 3.18. The predicted octanol–water partition coefficient (Wildman–Crippen LogP) is 5.71. The van der Waals surface area contributed by atoms with Gasteiger partial charge in [0.1, 0.15) is 6.54 Å². The maximum Gasteiger partial charge on any atom is 0.322 e. The molecule has 0 saturated heterocycles. The Labute approximate surface area is 198 Å². The molecule has 3 amide bonds. The molecule has 1 N–H and O–H groups in total. The Bertz CT molecular complexity index is 946. The third-order valence-electron chi connectivity index (χ3n) is 6.49. The van der Waals surface area contributed by atoms with Crippen molar-refractivity contribution in [2.45, 2.75) is 84.8 Å². The van der Waals surface area contributed by atoms with Crippen LogP contribution in [0.2, 0.25) is 0 Å². The topological polar surface area (TPSA) is 57.6 Å². The second kappa shape index (κ2) is 10.4. The van der Waals surface area contributed by atoms with E-state index in [1.54, 1.807) is 4.90 Å². The van der Waals surface area contributed by atoms with Gasteiger partial charge < -0.3 is 19.7 Å². The van der Waals surface area contributed by atoms with E-state index in [0.29, 0.717) is 6.54 Å². The zero-order chi connectivity index (χ0) is 24.3. The molecule has 6 heteroatoms. The summed E-state index contributed by atoms with van der Waals surface area (Å²) < 4.78 is 2.05. The molecule has 3 rings (SSSR count). The highest BCUT2D eigenvalue weighted by Crippen LogP contribution is 2.33. The number of amides is 3. The van der Waals surface area contributed by atoms with Gasteiger partial charge in [0, 0.05) is 36.7 Å². The summed E-state index contributed by atoms with van der Waals surface area (Å²) >= 11 is 0. The fourth-order valence-corrected chi connectivity index (χ4v) is 4.24. The Balaban J connectivity index is 1.80. The number of urea groups is 1. The molecule has 0 aliphatic heterocycles. The summed E-state index contributed by atoms with van der Waals surface area (Å²) in [4.78, 5) is 30.4. The summed E-state index contributed by atoms with van der Waals surface area (Å²) in [6.07, 6.45) is 4.06. The molecule has 0 spiro atoms. The van der Waals surface area contributed by atoms with Crippen LogP contribution in [-0.4, -0.2) is 44.9 Å². The molecule has 1 aliphatic rings. The average molecular weight is 453 g/mol. The quantitative estimate of drug-likeness (QED) is 0.530. The van der Waals surface area contributed by atoms with Crippen LogP contribution in [0.25, 0.3) is 0 Å². The number of carbonyl (C=O) groups is 2. The first-order valence-electron chi connectivity index (χ1n) is 12.2. The summed E-state index contributed by atoms with van der Waals surface area (Å²) in [6, 6.07) is 10.2. The minimum Gasteiger partial charge on any atom is -0.353 e. The van der Waals surface area contributed by atoms with E-state index in [-0.39, 0.29) is 42.4 Å². The Morgan fingerprint density at radius 1 is 1.00 bits per heavy atom. The molecule has 6 nitrogen and oxygen atoms in total. The van der Waals surface area contributed by atoms with Crippen LogP contribution in [-0.2, 0) is 18.4 Å². The fourth-order valence-electron chi connectivity index (χ4n) is 4.24. The number of aryl methyl sites for hydroxylation is 1. The number of aromatic nitrogens is 1. The minimum absolute atomic E-state index is 0.00350. The first kappa shape index (κ1) is 24.9. The number of nitrogens with one attached hydrogen (secondary N) is 1. The maximum atomic E-state index is 13.5. The van der Waals surface area contributed by atoms with Crippen molar-refractivity contribution < 1.29 is 9.59 Å². The third-order valence-corrected chi connectivity index (χ3v) is 6.49. The van der Waals surface area contributed by atoms with Gasteiger partial charge in [0.15, 0.2) is 0 Å². The predicted molar refractivity (Wildman–Crippen MR) is 134 cm³/mol. The average Bonchev–Trinajstić information content (AvgIpc) is 3.51. The van der Waals surface area contributed by atoms with Gasteiger partial charge in [0.2, 0.25) is 5.91 Å². The van der Waals surface area contributed by atoms with Gasteiger partial charge in [-0.25, -0.2) is 4.79 Å². The molecule has 0 bridgehead atoms. The van der Waals surface area contributed by atoms with E-state index >= 15 is 0 Å². The van der Waals surface area contributed by atoms with Crippen LogP contribution in [0.15, 0.2) is 36.5 Å². The number of hydrogen-bond donors (Lipinski definition) is 1. The van der Waals surface area contributed by atoms with Gasteiger partial charge in [-0.2, -0.15) is 0 Å². The van der Waals surface area contributed by atoms with Crippen LogP contribution in [0, 0.1) is 0 Å². The lowest BCUT2D eigenvalue weighted by Crippen LogP contribution is -2.48. The Morgan fingerprint density at radius 2 is 1.61 bits per heavy atom. The SMILES string of the molecule is CC(C)c1cccc(C(C)C)c1NC(=O)N(CC(=O)N(Cc1cccn1C)C1CC1)C(C)C. The Kier molecular flexibility index (Phi) is 7.88. The van der Waals surface area contributed by atoms with E-state index in [1.807, 2.05) is 48.7 Å². The van der Waals surface area contributed by atoms with E-state index in [1.165, 1.54) is 0 Å². The van der Waals surface area contributed by atoms with E-state index < -0.39 is 0 Å². The summed E-state index contributed by atoms with van der Waals surface area (Å²) in [5.41, 5.74) is 4.22. The molecule has 0 atom stereocenters. The van der Waals surface area contributed by atoms with Crippen molar-refractivity contribution in [3.05, 3.63) is 53.3 Å². The molecule has 1 saturated carbocycles. The molecule has 1 aromatic heterocycles. The minimum atomic E-state index is -0.219. The molecule has 33 heavy (non-hydrogen) atoms. The molecule has 1 aliphatic carbocycles.